The van der Waals surface area contributed by atoms with Crippen molar-refractivity contribution in [1.82, 2.24) is 10.2 Å². The van der Waals surface area contributed by atoms with Gasteiger partial charge >= 0.3 is 0 Å². The zero-order valence-electron chi connectivity index (χ0n) is 18.1. The van der Waals surface area contributed by atoms with Crippen molar-refractivity contribution in [3.63, 3.8) is 0 Å². The summed E-state index contributed by atoms with van der Waals surface area (Å²) in [5.41, 5.74) is 2.14. The van der Waals surface area contributed by atoms with Crippen LogP contribution in [0.1, 0.15) is 37.8 Å². The zero-order chi connectivity index (χ0) is 22.2. The normalized spacial score (nSPS) is 11.8. The van der Waals surface area contributed by atoms with Crippen LogP contribution in [0.3, 0.4) is 0 Å². The average Bonchev–Trinajstić information content (AvgIpc) is 2.79. The zero-order valence-corrected chi connectivity index (χ0v) is 19.7. The lowest BCUT2D eigenvalue weighted by Crippen LogP contribution is -2.47. The highest BCUT2D eigenvalue weighted by Gasteiger charge is 2.25. The van der Waals surface area contributed by atoms with Gasteiger partial charge in [-0.25, -0.2) is 0 Å². The molecule has 0 fully saturated rings. The Bertz CT molecular complexity index is 1050. The van der Waals surface area contributed by atoms with Crippen LogP contribution in [0.25, 0.3) is 10.8 Å². The molecule has 0 aromatic heterocycles. The highest BCUT2D eigenvalue weighted by molar-refractivity contribution is 9.10. The number of nitrogens with one attached hydrogen (secondary N) is 1. The first-order valence-corrected chi connectivity index (χ1v) is 11.6. The third-order valence-corrected chi connectivity index (χ3v) is 5.94. The molecule has 0 bridgehead atoms. The van der Waals surface area contributed by atoms with Crippen molar-refractivity contribution >= 4 is 38.5 Å². The Hall–Kier alpha value is -2.66. The number of fused-ring (bicyclic) bond motifs is 1. The first-order valence-electron chi connectivity index (χ1n) is 10.8. The second-order valence-corrected chi connectivity index (χ2v) is 8.67. The standard InChI is InChI=1S/C26H29BrN2O2/c1-3-16-28-26(31)19(2)29(18-20-8-6-12-23(27)17-20)25(30)15-14-22-11-7-10-21-9-4-5-13-24(21)22/h4-13,17,19H,3,14-16,18H2,1-2H3,(H,28,31)/t19-/m0/s1. The van der Waals surface area contributed by atoms with Gasteiger partial charge in [0.05, 0.1) is 0 Å². The van der Waals surface area contributed by atoms with Gasteiger partial charge in [-0.3, -0.25) is 9.59 Å². The number of benzene rings is 3. The molecule has 5 heteroatoms. The molecule has 3 aromatic rings. The van der Waals surface area contributed by atoms with Crippen molar-refractivity contribution in [3.05, 3.63) is 82.3 Å². The Morgan fingerprint density at radius 1 is 1.03 bits per heavy atom. The lowest BCUT2D eigenvalue weighted by Gasteiger charge is -2.29. The number of carbonyl (C=O) groups is 2. The van der Waals surface area contributed by atoms with Gasteiger partial charge in [-0.05, 0) is 53.8 Å². The van der Waals surface area contributed by atoms with Crippen molar-refractivity contribution in [1.29, 1.82) is 0 Å². The molecule has 31 heavy (non-hydrogen) atoms. The number of aryl methyl sites for hydroxylation is 1. The molecule has 0 unspecified atom stereocenters. The Labute approximate surface area is 192 Å². The number of nitrogens with zero attached hydrogens (tertiary/aromatic N) is 1. The lowest BCUT2D eigenvalue weighted by atomic mass is 10.0. The molecule has 4 nitrogen and oxygen atoms in total. The average molecular weight is 481 g/mol. The quantitative estimate of drug-likeness (QED) is 0.440. The van der Waals surface area contributed by atoms with E-state index in [2.05, 4.69) is 45.5 Å². The molecular formula is C26H29BrN2O2. The molecule has 1 atom stereocenters. The van der Waals surface area contributed by atoms with E-state index in [0.29, 0.717) is 25.9 Å². The number of hydrogen-bond donors (Lipinski definition) is 1. The van der Waals surface area contributed by atoms with Crippen molar-refractivity contribution in [2.45, 2.75) is 45.7 Å². The molecule has 0 saturated heterocycles. The number of halogens is 1. The van der Waals surface area contributed by atoms with Crippen LogP contribution < -0.4 is 5.32 Å². The Morgan fingerprint density at radius 3 is 2.55 bits per heavy atom. The monoisotopic (exact) mass is 480 g/mol. The number of amides is 2. The molecule has 1 N–H and O–H groups in total. The molecule has 0 aliphatic heterocycles. The van der Waals surface area contributed by atoms with E-state index in [4.69, 9.17) is 0 Å². The fourth-order valence-corrected chi connectivity index (χ4v) is 4.15. The van der Waals surface area contributed by atoms with Crippen molar-refractivity contribution in [3.8, 4) is 0 Å². The fourth-order valence-electron chi connectivity index (χ4n) is 3.71. The predicted octanol–water partition coefficient (Wildman–Crippen LogP) is 5.48. The van der Waals surface area contributed by atoms with Gasteiger partial charge in [-0.15, -0.1) is 0 Å². The van der Waals surface area contributed by atoms with Gasteiger partial charge in [0.25, 0.3) is 0 Å². The molecule has 0 aliphatic carbocycles. The SMILES string of the molecule is CCCNC(=O)[C@H](C)N(Cc1cccc(Br)c1)C(=O)CCc1cccc2ccccc12. The maximum atomic E-state index is 13.3. The van der Waals surface area contributed by atoms with Crippen molar-refractivity contribution in [2.75, 3.05) is 6.54 Å². The van der Waals surface area contributed by atoms with Gasteiger partial charge in [-0.1, -0.05) is 77.5 Å². The van der Waals surface area contributed by atoms with E-state index in [9.17, 15) is 9.59 Å². The first kappa shape index (κ1) is 23.0. The van der Waals surface area contributed by atoms with E-state index in [1.807, 2.05) is 49.4 Å². The molecule has 3 aromatic carbocycles. The summed E-state index contributed by atoms with van der Waals surface area (Å²) in [5.74, 6) is -0.137. The number of hydrogen-bond acceptors (Lipinski definition) is 2. The second kappa shape index (κ2) is 11.1. The van der Waals surface area contributed by atoms with Gasteiger partial charge in [0.15, 0.2) is 0 Å². The van der Waals surface area contributed by atoms with Crippen LogP contribution >= 0.6 is 15.9 Å². The van der Waals surface area contributed by atoms with E-state index >= 15 is 0 Å². The summed E-state index contributed by atoms with van der Waals surface area (Å²) in [6, 6.07) is 21.7. The maximum Gasteiger partial charge on any atom is 0.242 e. The Kier molecular flexibility index (Phi) is 8.24. The van der Waals surface area contributed by atoms with E-state index in [1.165, 1.54) is 10.8 Å². The summed E-state index contributed by atoms with van der Waals surface area (Å²) >= 11 is 3.49. The van der Waals surface area contributed by atoms with Crippen LogP contribution in [0.5, 0.6) is 0 Å². The van der Waals surface area contributed by atoms with Crippen LogP contribution in [0, 0.1) is 0 Å². The molecule has 0 saturated carbocycles. The molecule has 0 heterocycles. The fraction of sp³-hybridized carbons (Fsp3) is 0.308. The summed E-state index contributed by atoms with van der Waals surface area (Å²) in [6.07, 6.45) is 1.85. The first-order chi connectivity index (χ1) is 15.0. The Balaban J connectivity index is 1.78. The van der Waals surface area contributed by atoms with Crippen LogP contribution in [-0.2, 0) is 22.6 Å². The van der Waals surface area contributed by atoms with Crippen LogP contribution in [0.15, 0.2) is 71.2 Å². The highest BCUT2D eigenvalue weighted by atomic mass is 79.9. The predicted molar refractivity (Wildman–Crippen MR) is 130 cm³/mol. The highest BCUT2D eigenvalue weighted by Crippen LogP contribution is 2.21. The minimum absolute atomic E-state index is 0.0212. The minimum Gasteiger partial charge on any atom is -0.354 e. The van der Waals surface area contributed by atoms with Crippen LogP contribution in [0.4, 0.5) is 0 Å². The molecule has 3 rings (SSSR count). The topological polar surface area (TPSA) is 49.4 Å². The van der Waals surface area contributed by atoms with Crippen LogP contribution in [0.2, 0.25) is 0 Å². The molecule has 2 amide bonds. The van der Waals surface area contributed by atoms with Gasteiger partial charge < -0.3 is 10.2 Å². The van der Waals surface area contributed by atoms with Gasteiger partial charge in [0, 0.05) is 24.0 Å². The smallest absolute Gasteiger partial charge is 0.242 e. The molecule has 0 spiro atoms. The molecular weight excluding hydrogens is 452 g/mol. The largest absolute Gasteiger partial charge is 0.354 e. The lowest BCUT2D eigenvalue weighted by molar-refractivity contribution is -0.140. The van der Waals surface area contributed by atoms with Crippen molar-refractivity contribution in [2.24, 2.45) is 0 Å². The third kappa shape index (κ3) is 6.17. The third-order valence-electron chi connectivity index (χ3n) is 5.45. The molecule has 0 aliphatic rings. The minimum atomic E-state index is -0.537. The van der Waals surface area contributed by atoms with Gasteiger partial charge in [0.1, 0.15) is 6.04 Å². The summed E-state index contributed by atoms with van der Waals surface area (Å²) in [5, 5.41) is 5.26. The van der Waals surface area contributed by atoms with Crippen molar-refractivity contribution < 1.29 is 9.59 Å². The summed E-state index contributed by atoms with van der Waals surface area (Å²) in [4.78, 5) is 27.6. The summed E-state index contributed by atoms with van der Waals surface area (Å²) in [6.45, 7) is 4.82. The van der Waals surface area contributed by atoms with E-state index in [-0.39, 0.29) is 11.8 Å². The van der Waals surface area contributed by atoms with Crippen LogP contribution in [-0.4, -0.2) is 29.3 Å². The number of carbonyl (C=O) groups excluding carboxylic acids is 2. The van der Waals surface area contributed by atoms with E-state index in [0.717, 1.165) is 22.0 Å². The second-order valence-electron chi connectivity index (χ2n) is 7.76. The van der Waals surface area contributed by atoms with E-state index in [1.54, 1.807) is 11.8 Å². The van der Waals surface area contributed by atoms with E-state index < -0.39 is 6.04 Å². The number of rotatable bonds is 9. The summed E-state index contributed by atoms with van der Waals surface area (Å²) in [7, 11) is 0. The summed E-state index contributed by atoms with van der Waals surface area (Å²) < 4.78 is 0.955. The maximum absolute atomic E-state index is 13.3. The molecule has 162 valence electrons. The van der Waals surface area contributed by atoms with Gasteiger partial charge in [-0.2, -0.15) is 0 Å². The Morgan fingerprint density at radius 2 is 1.77 bits per heavy atom. The molecule has 0 radical (unpaired) electrons. The van der Waals surface area contributed by atoms with Gasteiger partial charge in [0.2, 0.25) is 11.8 Å².